The maximum absolute atomic E-state index is 12.7. The van der Waals surface area contributed by atoms with Gasteiger partial charge in [0, 0.05) is 5.69 Å². The number of sulfonamides is 1. The second kappa shape index (κ2) is 9.28. The van der Waals surface area contributed by atoms with E-state index < -0.39 is 28.5 Å². The number of aromatic nitrogens is 4. The maximum atomic E-state index is 12.7. The van der Waals surface area contributed by atoms with Crippen LogP contribution in [0.5, 0.6) is 0 Å². The molecular formula is C19H18N6O5S. The number of amides is 1. The number of primary sulfonamides is 1. The molecule has 0 spiro atoms. The maximum Gasteiger partial charge on any atom is 0.357 e. The van der Waals surface area contributed by atoms with Crippen molar-refractivity contribution in [3.63, 3.8) is 0 Å². The number of esters is 1. The molecule has 12 heteroatoms. The molecule has 0 atom stereocenters. The van der Waals surface area contributed by atoms with E-state index >= 15 is 0 Å². The first-order valence-corrected chi connectivity index (χ1v) is 10.4. The van der Waals surface area contributed by atoms with E-state index in [0.717, 1.165) is 0 Å². The second-order valence-corrected chi connectivity index (χ2v) is 7.84. The first-order chi connectivity index (χ1) is 14.7. The fourth-order valence-electron chi connectivity index (χ4n) is 2.52. The Labute approximate surface area is 177 Å². The van der Waals surface area contributed by atoms with E-state index in [-0.39, 0.29) is 16.3 Å². The number of anilines is 1. The van der Waals surface area contributed by atoms with Crippen molar-refractivity contribution in [2.45, 2.75) is 11.8 Å². The molecule has 160 valence electrons. The zero-order valence-electron chi connectivity index (χ0n) is 16.3. The predicted octanol–water partition coefficient (Wildman–Crippen LogP) is 0.809. The van der Waals surface area contributed by atoms with Crippen LogP contribution in [-0.2, 0) is 24.3 Å². The summed E-state index contributed by atoms with van der Waals surface area (Å²) < 4.78 is 29.1. The van der Waals surface area contributed by atoms with Crippen LogP contribution in [0, 0.1) is 6.92 Å². The number of carbonyl (C=O) groups excluding carboxylic acids is 2. The number of ether oxygens (including phenoxy) is 1. The molecular weight excluding hydrogens is 424 g/mol. The Kier molecular flexibility index (Phi) is 6.52. The van der Waals surface area contributed by atoms with Gasteiger partial charge in [0.2, 0.25) is 10.0 Å². The first-order valence-electron chi connectivity index (χ1n) is 8.86. The van der Waals surface area contributed by atoms with Gasteiger partial charge in [0.25, 0.3) is 5.91 Å². The molecule has 3 rings (SSSR count). The number of tetrazole rings is 1. The monoisotopic (exact) mass is 442 g/mol. The molecule has 0 saturated heterocycles. The van der Waals surface area contributed by atoms with Crippen LogP contribution in [-0.4, -0.2) is 47.1 Å². The molecule has 0 aliphatic heterocycles. The van der Waals surface area contributed by atoms with Crippen LogP contribution < -0.4 is 10.5 Å². The summed E-state index contributed by atoms with van der Waals surface area (Å²) in [6, 6.07) is 14.3. The number of nitrogens with zero attached hydrogens (tertiary/aromatic N) is 4. The molecule has 31 heavy (non-hydrogen) atoms. The van der Waals surface area contributed by atoms with Crippen LogP contribution in [0.4, 0.5) is 5.69 Å². The van der Waals surface area contributed by atoms with Crippen LogP contribution in [0.15, 0.2) is 59.5 Å². The number of benzene rings is 2. The van der Waals surface area contributed by atoms with Gasteiger partial charge in [0.1, 0.15) is 0 Å². The van der Waals surface area contributed by atoms with E-state index in [9.17, 15) is 18.0 Å². The van der Waals surface area contributed by atoms with Gasteiger partial charge < -0.3 is 10.1 Å². The average Bonchev–Trinajstić information content (AvgIpc) is 3.16. The van der Waals surface area contributed by atoms with Crippen molar-refractivity contribution in [1.29, 1.82) is 0 Å². The third kappa shape index (κ3) is 5.81. The van der Waals surface area contributed by atoms with Gasteiger partial charge in [-0.1, -0.05) is 36.4 Å². The Morgan fingerprint density at radius 3 is 2.55 bits per heavy atom. The standard InChI is InChI=1S/C19H18N6O5S/c1-13-22-23-24-25(13)17(10-14-6-3-2-4-7-14)19(27)30-12-18(26)21-15-8-5-9-16(11-15)31(20,28)29/h2-11H,12H2,1H3,(H,21,26)(H2,20,28,29)/b17-10-. The van der Waals surface area contributed by atoms with E-state index in [0.29, 0.717) is 11.4 Å². The van der Waals surface area contributed by atoms with Gasteiger partial charge in [-0.2, -0.15) is 4.68 Å². The minimum absolute atomic E-state index is 0.0118. The summed E-state index contributed by atoms with van der Waals surface area (Å²) in [4.78, 5) is 24.7. The Bertz CT molecular complexity index is 1240. The third-order valence-electron chi connectivity index (χ3n) is 3.95. The zero-order valence-corrected chi connectivity index (χ0v) is 17.1. The quantitative estimate of drug-likeness (QED) is 0.402. The van der Waals surface area contributed by atoms with Gasteiger partial charge in [-0.3, -0.25) is 4.79 Å². The van der Waals surface area contributed by atoms with Crippen molar-refractivity contribution in [3.05, 3.63) is 66.0 Å². The smallest absolute Gasteiger partial charge is 0.357 e. The fraction of sp³-hybridized carbons (Fsp3) is 0.105. The first kappa shape index (κ1) is 21.8. The van der Waals surface area contributed by atoms with Crippen molar-refractivity contribution < 1.29 is 22.7 Å². The van der Waals surface area contributed by atoms with Gasteiger partial charge in [0.15, 0.2) is 18.1 Å². The SMILES string of the molecule is Cc1nnnn1/C(=C\c1ccccc1)C(=O)OCC(=O)Nc1cccc(S(N)(=O)=O)c1. The van der Waals surface area contributed by atoms with Gasteiger partial charge in [-0.25, -0.2) is 18.4 Å². The van der Waals surface area contributed by atoms with Crippen molar-refractivity contribution in [1.82, 2.24) is 20.2 Å². The summed E-state index contributed by atoms with van der Waals surface area (Å²) in [7, 11) is -3.92. The Morgan fingerprint density at radius 1 is 1.16 bits per heavy atom. The van der Waals surface area contributed by atoms with E-state index in [2.05, 4.69) is 20.8 Å². The van der Waals surface area contributed by atoms with Crippen LogP contribution in [0.25, 0.3) is 11.8 Å². The number of carbonyl (C=O) groups is 2. The zero-order chi connectivity index (χ0) is 22.4. The second-order valence-electron chi connectivity index (χ2n) is 6.28. The topological polar surface area (TPSA) is 159 Å². The van der Waals surface area contributed by atoms with E-state index in [1.54, 1.807) is 31.2 Å². The van der Waals surface area contributed by atoms with Crippen LogP contribution in [0.2, 0.25) is 0 Å². The van der Waals surface area contributed by atoms with Crippen molar-refractivity contribution in [2.24, 2.45) is 5.14 Å². The molecule has 0 radical (unpaired) electrons. The Hall–Kier alpha value is -3.90. The van der Waals surface area contributed by atoms with Crippen molar-refractivity contribution in [2.75, 3.05) is 11.9 Å². The molecule has 11 nitrogen and oxygen atoms in total. The number of nitrogens with one attached hydrogen (secondary N) is 1. The van der Waals surface area contributed by atoms with Crippen molar-refractivity contribution in [3.8, 4) is 0 Å². The molecule has 2 aromatic carbocycles. The Morgan fingerprint density at radius 2 is 1.90 bits per heavy atom. The summed E-state index contributed by atoms with van der Waals surface area (Å²) in [6.07, 6.45) is 1.53. The van der Waals surface area contributed by atoms with Gasteiger partial charge in [-0.15, -0.1) is 5.10 Å². The molecule has 1 aromatic heterocycles. The van der Waals surface area contributed by atoms with E-state index in [1.807, 2.05) is 6.07 Å². The largest absolute Gasteiger partial charge is 0.451 e. The molecule has 0 aliphatic rings. The normalized spacial score (nSPS) is 11.7. The summed E-state index contributed by atoms with van der Waals surface area (Å²) in [5.74, 6) is -1.15. The lowest BCUT2D eigenvalue weighted by Crippen LogP contribution is -2.23. The predicted molar refractivity (Wildman–Crippen MR) is 111 cm³/mol. The highest BCUT2D eigenvalue weighted by Crippen LogP contribution is 2.15. The number of nitrogens with two attached hydrogens (primary N) is 1. The summed E-state index contributed by atoms with van der Waals surface area (Å²) in [5, 5.41) is 18.6. The molecule has 0 aliphatic carbocycles. The molecule has 0 saturated carbocycles. The van der Waals surface area contributed by atoms with Crippen LogP contribution in [0.3, 0.4) is 0 Å². The summed E-state index contributed by atoms with van der Waals surface area (Å²) in [6.45, 7) is 0.989. The summed E-state index contributed by atoms with van der Waals surface area (Å²) >= 11 is 0. The van der Waals surface area contributed by atoms with E-state index in [1.165, 1.54) is 35.0 Å². The average molecular weight is 442 g/mol. The van der Waals surface area contributed by atoms with Crippen LogP contribution in [0.1, 0.15) is 11.4 Å². The fourth-order valence-corrected chi connectivity index (χ4v) is 3.08. The lowest BCUT2D eigenvalue weighted by Gasteiger charge is -2.10. The lowest BCUT2D eigenvalue weighted by molar-refractivity contribution is -0.141. The molecule has 1 amide bonds. The highest BCUT2D eigenvalue weighted by Gasteiger charge is 2.19. The highest BCUT2D eigenvalue weighted by molar-refractivity contribution is 7.89. The van der Waals surface area contributed by atoms with Crippen LogP contribution >= 0.6 is 0 Å². The summed E-state index contributed by atoms with van der Waals surface area (Å²) in [5.41, 5.74) is 0.898. The lowest BCUT2D eigenvalue weighted by atomic mass is 10.2. The van der Waals surface area contributed by atoms with E-state index in [4.69, 9.17) is 9.88 Å². The number of hydrogen-bond acceptors (Lipinski definition) is 8. The molecule has 0 fully saturated rings. The number of hydrogen-bond donors (Lipinski definition) is 2. The third-order valence-corrected chi connectivity index (χ3v) is 4.86. The van der Waals surface area contributed by atoms with Crippen molar-refractivity contribution >= 4 is 39.4 Å². The minimum atomic E-state index is -3.92. The molecule has 0 bridgehead atoms. The molecule has 1 heterocycles. The van der Waals surface area contributed by atoms with Gasteiger partial charge in [-0.05, 0) is 47.2 Å². The highest BCUT2D eigenvalue weighted by atomic mass is 32.2. The minimum Gasteiger partial charge on any atom is -0.451 e. The van der Waals surface area contributed by atoms with Gasteiger partial charge in [0.05, 0.1) is 4.90 Å². The number of rotatable bonds is 7. The molecule has 0 unspecified atom stereocenters. The van der Waals surface area contributed by atoms with Gasteiger partial charge >= 0.3 is 5.97 Å². The Balaban J connectivity index is 1.72. The molecule has 3 N–H and O–H groups in total. The number of aryl methyl sites for hydroxylation is 1. The molecule has 3 aromatic rings.